The van der Waals surface area contributed by atoms with Crippen LogP contribution in [0.25, 0.3) is 0 Å². The van der Waals surface area contributed by atoms with Crippen LogP contribution in [-0.2, 0) is 14.2 Å². The van der Waals surface area contributed by atoms with E-state index in [4.69, 9.17) is 14.2 Å². The van der Waals surface area contributed by atoms with E-state index in [-0.39, 0.29) is 0 Å². The first-order chi connectivity index (χ1) is 4.93. The van der Waals surface area contributed by atoms with Crippen LogP contribution in [0.4, 0.5) is 0 Å². The third-order valence-electron chi connectivity index (χ3n) is 1.01. The summed E-state index contributed by atoms with van der Waals surface area (Å²) in [4.78, 5) is 0. The Labute approximate surface area is 59.9 Å². The van der Waals surface area contributed by atoms with Gasteiger partial charge in [-0.15, -0.1) is 6.58 Å². The molecule has 0 amide bonds. The highest BCUT2D eigenvalue weighted by Crippen LogP contribution is 2.05. The summed E-state index contributed by atoms with van der Waals surface area (Å²) in [5, 5.41) is 0. The van der Waals surface area contributed by atoms with Crippen LogP contribution in [0, 0.1) is 0 Å². The predicted octanol–water partition coefficient (Wildman–Crippen LogP) is 1.03. The SMILES string of the molecule is C=CCOCC1=COCO1. The Hall–Kier alpha value is -0.960. The van der Waals surface area contributed by atoms with Gasteiger partial charge in [-0.1, -0.05) is 6.08 Å². The summed E-state index contributed by atoms with van der Waals surface area (Å²) >= 11 is 0. The van der Waals surface area contributed by atoms with Crippen LogP contribution >= 0.6 is 0 Å². The summed E-state index contributed by atoms with van der Waals surface area (Å²) < 4.78 is 14.9. The van der Waals surface area contributed by atoms with Gasteiger partial charge in [0.15, 0.2) is 5.76 Å². The van der Waals surface area contributed by atoms with Crippen molar-refractivity contribution in [1.82, 2.24) is 0 Å². The first-order valence-corrected chi connectivity index (χ1v) is 3.05. The van der Waals surface area contributed by atoms with E-state index in [0.717, 1.165) is 5.76 Å². The Morgan fingerprint density at radius 2 is 2.70 bits per heavy atom. The Balaban J connectivity index is 2.06. The first-order valence-electron chi connectivity index (χ1n) is 3.05. The van der Waals surface area contributed by atoms with E-state index < -0.39 is 0 Å². The van der Waals surface area contributed by atoms with Crippen molar-refractivity contribution in [2.45, 2.75) is 0 Å². The monoisotopic (exact) mass is 142 g/mol. The molecule has 0 bridgehead atoms. The predicted molar refractivity (Wildman–Crippen MR) is 36.1 cm³/mol. The molecule has 0 radical (unpaired) electrons. The van der Waals surface area contributed by atoms with Gasteiger partial charge in [0.25, 0.3) is 0 Å². The minimum atomic E-state index is 0.312. The molecule has 0 atom stereocenters. The van der Waals surface area contributed by atoms with Gasteiger partial charge in [-0.3, -0.25) is 0 Å². The highest BCUT2D eigenvalue weighted by molar-refractivity contribution is 4.90. The summed E-state index contributed by atoms with van der Waals surface area (Å²) in [6.07, 6.45) is 3.25. The van der Waals surface area contributed by atoms with Crippen molar-refractivity contribution in [2.75, 3.05) is 20.0 Å². The number of hydrogen-bond donors (Lipinski definition) is 0. The Kier molecular flexibility index (Phi) is 2.83. The molecule has 3 heteroatoms. The molecule has 1 heterocycles. The second kappa shape index (κ2) is 3.95. The molecule has 1 aliphatic heterocycles. The zero-order valence-corrected chi connectivity index (χ0v) is 5.71. The van der Waals surface area contributed by atoms with E-state index >= 15 is 0 Å². The third kappa shape index (κ3) is 2.11. The van der Waals surface area contributed by atoms with Crippen LogP contribution in [-0.4, -0.2) is 20.0 Å². The minimum absolute atomic E-state index is 0.312. The summed E-state index contributed by atoms with van der Waals surface area (Å²) in [6.45, 7) is 4.83. The van der Waals surface area contributed by atoms with Gasteiger partial charge in [0.05, 0.1) is 6.61 Å². The second-order valence-corrected chi connectivity index (χ2v) is 1.82. The molecular weight excluding hydrogens is 132 g/mol. The lowest BCUT2D eigenvalue weighted by Gasteiger charge is -1.99. The summed E-state index contributed by atoms with van der Waals surface area (Å²) in [5.74, 6) is 0.738. The summed E-state index contributed by atoms with van der Waals surface area (Å²) in [6, 6.07) is 0. The molecular formula is C7H10O3. The summed E-state index contributed by atoms with van der Waals surface area (Å²) in [7, 11) is 0. The average molecular weight is 142 g/mol. The van der Waals surface area contributed by atoms with Crippen LogP contribution in [0.1, 0.15) is 0 Å². The van der Waals surface area contributed by atoms with Gasteiger partial charge in [-0.2, -0.15) is 0 Å². The second-order valence-electron chi connectivity index (χ2n) is 1.82. The molecule has 0 aromatic heterocycles. The molecule has 0 saturated carbocycles. The number of ether oxygens (including phenoxy) is 3. The lowest BCUT2D eigenvalue weighted by Crippen LogP contribution is -1.98. The third-order valence-corrected chi connectivity index (χ3v) is 1.01. The highest BCUT2D eigenvalue weighted by atomic mass is 16.7. The van der Waals surface area contributed by atoms with Gasteiger partial charge in [0.1, 0.15) is 12.9 Å². The maximum absolute atomic E-state index is 5.08. The van der Waals surface area contributed by atoms with Crippen molar-refractivity contribution < 1.29 is 14.2 Å². The topological polar surface area (TPSA) is 27.7 Å². The van der Waals surface area contributed by atoms with Crippen molar-refractivity contribution in [1.29, 1.82) is 0 Å². The van der Waals surface area contributed by atoms with Gasteiger partial charge >= 0.3 is 0 Å². The van der Waals surface area contributed by atoms with Gasteiger partial charge in [-0.05, 0) is 0 Å². The molecule has 3 nitrogen and oxygen atoms in total. The fourth-order valence-corrected chi connectivity index (χ4v) is 0.589. The lowest BCUT2D eigenvalue weighted by atomic mass is 10.6. The molecule has 56 valence electrons. The quantitative estimate of drug-likeness (QED) is 0.433. The molecule has 0 unspecified atom stereocenters. The maximum atomic E-state index is 5.08. The fourth-order valence-electron chi connectivity index (χ4n) is 0.589. The van der Waals surface area contributed by atoms with Gasteiger partial charge in [-0.25, -0.2) is 0 Å². The van der Waals surface area contributed by atoms with Gasteiger partial charge in [0.2, 0.25) is 6.79 Å². The molecule has 0 aliphatic carbocycles. The molecule has 0 fully saturated rings. The molecule has 10 heavy (non-hydrogen) atoms. The molecule has 1 aliphatic rings. The highest BCUT2D eigenvalue weighted by Gasteiger charge is 2.04. The van der Waals surface area contributed by atoms with Crippen LogP contribution in [0.5, 0.6) is 0 Å². The van der Waals surface area contributed by atoms with Crippen molar-refractivity contribution in [3.05, 3.63) is 24.7 Å². The van der Waals surface area contributed by atoms with Crippen LogP contribution in [0.2, 0.25) is 0 Å². The van der Waals surface area contributed by atoms with Crippen LogP contribution in [0.3, 0.4) is 0 Å². The van der Waals surface area contributed by atoms with Crippen molar-refractivity contribution in [3.63, 3.8) is 0 Å². The molecule has 1 rings (SSSR count). The zero-order chi connectivity index (χ0) is 7.23. The molecule has 0 aromatic carbocycles. The Bertz CT molecular complexity index is 140. The van der Waals surface area contributed by atoms with Gasteiger partial charge < -0.3 is 14.2 Å². The van der Waals surface area contributed by atoms with Gasteiger partial charge in [0, 0.05) is 0 Å². The first kappa shape index (κ1) is 7.15. The van der Waals surface area contributed by atoms with E-state index in [1.165, 1.54) is 0 Å². The van der Waals surface area contributed by atoms with Crippen molar-refractivity contribution >= 4 is 0 Å². The molecule has 0 aromatic rings. The minimum Gasteiger partial charge on any atom is -0.462 e. The maximum Gasteiger partial charge on any atom is 0.229 e. The molecule has 0 saturated heterocycles. The van der Waals surface area contributed by atoms with E-state index in [9.17, 15) is 0 Å². The fraction of sp³-hybridized carbons (Fsp3) is 0.429. The standard InChI is InChI=1S/C7H10O3/c1-2-3-8-4-7-5-9-6-10-7/h2,5H,1,3-4,6H2. The van der Waals surface area contributed by atoms with E-state index in [0.29, 0.717) is 20.0 Å². The van der Waals surface area contributed by atoms with E-state index in [2.05, 4.69) is 6.58 Å². The molecule has 0 N–H and O–H groups in total. The number of rotatable bonds is 4. The molecule has 0 spiro atoms. The van der Waals surface area contributed by atoms with Crippen molar-refractivity contribution in [2.24, 2.45) is 0 Å². The Morgan fingerprint density at radius 1 is 1.80 bits per heavy atom. The van der Waals surface area contributed by atoms with Crippen molar-refractivity contribution in [3.8, 4) is 0 Å². The van der Waals surface area contributed by atoms with Crippen LogP contribution < -0.4 is 0 Å². The average Bonchev–Trinajstić information content (AvgIpc) is 2.41. The largest absolute Gasteiger partial charge is 0.462 e. The Morgan fingerprint density at radius 3 is 3.30 bits per heavy atom. The smallest absolute Gasteiger partial charge is 0.229 e. The number of hydrogen-bond acceptors (Lipinski definition) is 3. The lowest BCUT2D eigenvalue weighted by molar-refractivity contribution is 0.0588. The normalized spacial score (nSPS) is 15.4. The van der Waals surface area contributed by atoms with E-state index in [1.54, 1.807) is 12.3 Å². The summed E-state index contributed by atoms with van der Waals surface area (Å²) in [5.41, 5.74) is 0. The van der Waals surface area contributed by atoms with E-state index in [1.807, 2.05) is 0 Å². The van der Waals surface area contributed by atoms with Crippen LogP contribution in [0.15, 0.2) is 24.7 Å². The zero-order valence-electron chi connectivity index (χ0n) is 5.71.